The van der Waals surface area contributed by atoms with Crippen molar-refractivity contribution in [3.05, 3.63) is 30.1 Å². The topological polar surface area (TPSA) is 58.4 Å². The monoisotopic (exact) mass is 239 g/mol. The highest BCUT2D eigenvalue weighted by atomic mass is 19.1. The van der Waals surface area contributed by atoms with Gasteiger partial charge in [0.15, 0.2) is 0 Å². The molecule has 0 aromatic heterocycles. The quantitative estimate of drug-likeness (QED) is 0.807. The molecule has 0 bridgehead atoms. The van der Waals surface area contributed by atoms with Crippen LogP contribution in [-0.2, 0) is 4.79 Å². The van der Waals surface area contributed by atoms with Crippen molar-refractivity contribution >= 4 is 11.6 Å². The third-order valence-corrected chi connectivity index (χ3v) is 2.59. The summed E-state index contributed by atoms with van der Waals surface area (Å²) in [5.41, 5.74) is 5.96. The lowest BCUT2D eigenvalue weighted by atomic mass is 10.3. The Hall–Kier alpha value is -1.46. The largest absolute Gasteiger partial charge is 0.329 e. The van der Waals surface area contributed by atoms with Gasteiger partial charge in [-0.05, 0) is 32.2 Å². The first-order valence-electron chi connectivity index (χ1n) is 5.48. The van der Waals surface area contributed by atoms with Crippen LogP contribution < -0.4 is 11.1 Å². The Bertz CT molecular complexity index is 384. The molecule has 1 atom stereocenters. The molecular formula is C12H18FN3O. The number of anilines is 1. The lowest BCUT2D eigenvalue weighted by Crippen LogP contribution is -2.40. The van der Waals surface area contributed by atoms with E-state index in [1.54, 1.807) is 12.1 Å². The van der Waals surface area contributed by atoms with Gasteiger partial charge in [0, 0.05) is 18.3 Å². The smallest absolute Gasteiger partial charge is 0.238 e. The summed E-state index contributed by atoms with van der Waals surface area (Å²) in [6.45, 7) is 2.66. The van der Waals surface area contributed by atoms with E-state index in [4.69, 9.17) is 5.73 Å². The van der Waals surface area contributed by atoms with Gasteiger partial charge >= 0.3 is 0 Å². The van der Waals surface area contributed by atoms with Crippen molar-refractivity contribution < 1.29 is 9.18 Å². The van der Waals surface area contributed by atoms with E-state index in [1.165, 1.54) is 12.1 Å². The van der Waals surface area contributed by atoms with Crippen molar-refractivity contribution in [1.82, 2.24) is 4.90 Å². The van der Waals surface area contributed by atoms with Gasteiger partial charge in [-0.3, -0.25) is 9.69 Å². The molecule has 1 aromatic carbocycles. The molecule has 0 spiro atoms. The zero-order valence-electron chi connectivity index (χ0n) is 10.1. The van der Waals surface area contributed by atoms with E-state index in [1.807, 2.05) is 18.9 Å². The lowest BCUT2D eigenvalue weighted by molar-refractivity contribution is -0.117. The molecule has 17 heavy (non-hydrogen) atoms. The fourth-order valence-electron chi connectivity index (χ4n) is 1.33. The molecule has 0 aliphatic heterocycles. The molecule has 0 saturated heterocycles. The Kier molecular flexibility index (Phi) is 5.06. The molecule has 5 heteroatoms. The van der Waals surface area contributed by atoms with Crippen LogP contribution >= 0.6 is 0 Å². The van der Waals surface area contributed by atoms with Gasteiger partial charge in [-0.1, -0.05) is 6.07 Å². The van der Waals surface area contributed by atoms with Gasteiger partial charge in [0.1, 0.15) is 5.82 Å². The molecule has 0 aliphatic carbocycles. The van der Waals surface area contributed by atoms with E-state index in [0.29, 0.717) is 12.2 Å². The summed E-state index contributed by atoms with van der Waals surface area (Å²) in [7, 11) is 1.82. The average Bonchev–Trinajstić information content (AvgIpc) is 2.27. The summed E-state index contributed by atoms with van der Waals surface area (Å²) >= 11 is 0. The number of amides is 1. The molecule has 1 amide bonds. The number of likely N-dealkylation sites (N-methyl/N-ethyl adjacent to an activating group) is 1. The number of benzene rings is 1. The number of halogens is 1. The van der Waals surface area contributed by atoms with Crippen LogP contribution in [0.1, 0.15) is 6.92 Å². The number of carbonyl (C=O) groups excluding carboxylic acids is 1. The highest BCUT2D eigenvalue weighted by molar-refractivity contribution is 5.92. The Morgan fingerprint density at radius 3 is 2.88 bits per heavy atom. The fraction of sp³-hybridized carbons (Fsp3) is 0.417. The summed E-state index contributed by atoms with van der Waals surface area (Å²) in [4.78, 5) is 13.5. The Labute approximate surface area is 101 Å². The minimum absolute atomic E-state index is 0.133. The molecular weight excluding hydrogens is 221 g/mol. The second-order valence-corrected chi connectivity index (χ2v) is 4.06. The average molecular weight is 239 g/mol. The Morgan fingerprint density at radius 2 is 2.29 bits per heavy atom. The fourth-order valence-corrected chi connectivity index (χ4v) is 1.33. The van der Waals surface area contributed by atoms with E-state index in [0.717, 1.165) is 0 Å². The Balaban J connectivity index is 2.50. The van der Waals surface area contributed by atoms with E-state index < -0.39 is 0 Å². The second kappa shape index (κ2) is 6.32. The highest BCUT2D eigenvalue weighted by Gasteiger charge is 2.11. The number of nitrogens with two attached hydrogens (primary N) is 1. The summed E-state index contributed by atoms with van der Waals surface area (Å²) in [5.74, 6) is -0.551. The first-order chi connectivity index (χ1) is 8.02. The molecule has 4 nitrogen and oxygen atoms in total. The van der Waals surface area contributed by atoms with Gasteiger partial charge in [0.2, 0.25) is 5.91 Å². The number of hydrogen-bond acceptors (Lipinski definition) is 3. The van der Waals surface area contributed by atoms with Gasteiger partial charge < -0.3 is 11.1 Å². The van der Waals surface area contributed by atoms with E-state index in [2.05, 4.69) is 5.32 Å². The van der Waals surface area contributed by atoms with Gasteiger partial charge in [-0.2, -0.15) is 0 Å². The summed E-state index contributed by atoms with van der Waals surface area (Å²) < 4.78 is 12.9. The molecule has 0 fully saturated rings. The molecule has 0 saturated carbocycles. The number of nitrogens with one attached hydrogen (secondary N) is 1. The third kappa shape index (κ3) is 4.50. The van der Waals surface area contributed by atoms with E-state index in [9.17, 15) is 9.18 Å². The predicted molar refractivity (Wildman–Crippen MR) is 66.2 cm³/mol. The minimum Gasteiger partial charge on any atom is -0.329 e. The van der Waals surface area contributed by atoms with Crippen molar-refractivity contribution in [3.63, 3.8) is 0 Å². The standard InChI is InChI=1S/C12H18FN3O/c1-9(7-14)16(2)8-12(17)15-11-5-3-4-10(13)6-11/h3-6,9H,7-8,14H2,1-2H3,(H,15,17). The van der Waals surface area contributed by atoms with E-state index >= 15 is 0 Å². The Morgan fingerprint density at radius 1 is 1.59 bits per heavy atom. The molecule has 1 aromatic rings. The number of rotatable bonds is 5. The first-order valence-corrected chi connectivity index (χ1v) is 5.48. The number of carbonyl (C=O) groups is 1. The van der Waals surface area contributed by atoms with Crippen molar-refractivity contribution in [2.75, 3.05) is 25.5 Å². The summed E-state index contributed by atoms with van der Waals surface area (Å²) in [6.07, 6.45) is 0. The van der Waals surface area contributed by atoms with Crippen LogP contribution in [0.4, 0.5) is 10.1 Å². The van der Waals surface area contributed by atoms with Crippen LogP contribution in [0.2, 0.25) is 0 Å². The summed E-state index contributed by atoms with van der Waals surface area (Å²) in [6, 6.07) is 5.95. The van der Waals surface area contributed by atoms with Crippen LogP contribution in [0.5, 0.6) is 0 Å². The molecule has 0 heterocycles. The van der Waals surface area contributed by atoms with Gasteiger partial charge in [-0.15, -0.1) is 0 Å². The van der Waals surface area contributed by atoms with Crippen molar-refractivity contribution in [2.24, 2.45) is 5.73 Å². The zero-order chi connectivity index (χ0) is 12.8. The van der Waals surface area contributed by atoms with Crippen LogP contribution in [0.25, 0.3) is 0 Å². The normalized spacial score (nSPS) is 12.5. The number of nitrogens with zero attached hydrogens (tertiary/aromatic N) is 1. The molecule has 1 rings (SSSR count). The molecule has 94 valence electrons. The number of hydrogen-bond donors (Lipinski definition) is 2. The first kappa shape index (κ1) is 13.6. The maximum absolute atomic E-state index is 12.9. The van der Waals surface area contributed by atoms with Crippen LogP contribution in [0.15, 0.2) is 24.3 Å². The molecule has 1 unspecified atom stereocenters. The van der Waals surface area contributed by atoms with E-state index in [-0.39, 0.29) is 24.3 Å². The summed E-state index contributed by atoms with van der Waals surface area (Å²) in [5, 5.41) is 2.63. The van der Waals surface area contributed by atoms with Crippen LogP contribution in [-0.4, -0.2) is 37.0 Å². The van der Waals surface area contributed by atoms with Crippen molar-refractivity contribution in [1.29, 1.82) is 0 Å². The second-order valence-electron chi connectivity index (χ2n) is 4.06. The molecule has 0 radical (unpaired) electrons. The molecule has 0 aliphatic rings. The third-order valence-electron chi connectivity index (χ3n) is 2.59. The van der Waals surface area contributed by atoms with Crippen LogP contribution in [0.3, 0.4) is 0 Å². The minimum atomic E-state index is -0.369. The lowest BCUT2D eigenvalue weighted by Gasteiger charge is -2.22. The van der Waals surface area contributed by atoms with Crippen LogP contribution in [0, 0.1) is 5.82 Å². The maximum Gasteiger partial charge on any atom is 0.238 e. The van der Waals surface area contributed by atoms with Gasteiger partial charge in [0.05, 0.1) is 6.54 Å². The predicted octanol–water partition coefficient (Wildman–Crippen LogP) is 1.04. The SMILES string of the molecule is CC(CN)N(C)CC(=O)Nc1cccc(F)c1. The maximum atomic E-state index is 12.9. The zero-order valence-corrected chi connectivity index (χ0v) is 10.1. The van der Waals surface area contributed by atoms with Crippen molar-refractivity contribution in [2.45, 2.75) is 13.0 Å². The van der Waals surface area contributed by atoms with Gasteiger partial charge in [0.25, 0.3) is 0 Å². The van der Waals surface area contributed by atoms with Crippen molar-refractivity contribution in [3.8, 4) is 0 Å². The molecule has 3 N–H and O–H groups in total. The van der Waals surface area contributed by atoms with Gasteiger partial charge in [-0.25, -0.2) is 4.39 Å². The highest BCUT2D eigenvalue weighted by Crippen LogP contribution is 2.08.